The number of thiophene rings is 1. The van der Waals surface area contributed by atoms with Gasteiger partial charge in [-0.25, -0.2) is 0 Å². The van der Waals surface area contributed by atoms with Crippen molar-refractivity contribution in [3.05, 3.63) is 35.2 Å². The largest absolute Gasteiger partial charge is 0.386 e. The van der Waals surface area contributed by atoms with Crippen molar-refractivity contribution < 1.29 is 9.84 Å². The topological polar surface area (TPSA) is 69.1 Å². The Kier molecular flexibility index (Phi) is 12.7. The van der Waals surface area contributed by atoms with Crippen LogP contribution in [0.5, 0.6) is 0 Å². The highest BCUT2D eigenvalue weighted by Gasteiger charge is 2.13. The molecule has 6 nitrogen and oxygen atoms in total. The lowest BCUT2D eigenvalue weighted by Crippen LogP contribution is -2.40. The van der Waals surface area contributed by atoms with Crippen LogP contribution in [0.3, 0.4) is 0 Å². The average Bonchev–Trinajstić information content (AvgIpc) is 3.12. The molecule has 0 bridgehead atoms. The number of rotatable bonds is 11. The van der Waals surface area contributed by atoms with Crippen LogP contribution in [0.2, 0.25) is 0 Å². The SMILES string of the molecule is CCNC(=NCC(CCN(C)C)OCC)NCC(O)c1cc2ccccc2s1.I. The van der Waals surface area contributed by atoms with Gasteiger partial charge >= 0.3 is 0 Å². The van der Waals surface area contributed by atoms with E-state index < -0.39 is 6.10 Å². The van der Waals surface area contributed by atoms with E-state index in [0.717, 1.165) is 24.4 Å². The fourth-order valence-corrected chi connectivity index (χ4v) is 3.91. The number of ether oxygens (including phenoxy) is 1. The van der Waals surface area contributed by atoms with E-state index >= 15 is 0 Å². The number of benzene rings is 1. The smallest absolute Gasteiger partial charge is 0.191 e. The second-order valence-corrected chi connectivity index (χ2v) is 8.09. The molecule has 8 heteroatoms. The zero-order valence-electron chi connectivity index (χ0n) is 17.9. The van der Waals surface area contributed by atoms with Crippen LogP contribution in [0.15, 0.2) is 35.3 Å². The Labute approximate surface area is 195 Å². The molecular formula is C21H35IN4O2S. The number of aliphatic hydroxyl groups excluding tert-OH is 1. The van der Waals surface area contributed by atoms with E-state index in [0.29, 0.717) is 25.7 Å². The van der Waals surface area contributed by atoms with Crippen molar-refractivity contribution >= 4 is 51.4 Å². The maximum Gasteiger partial charge on any atom is 0.191 e. The van der Waals surface area contributed by atoms with Gasteiger partial charge in [0.1, 0.15) is 6.10 Å². The number of nitrogens with one attached hydrogen (secondary N) is 2. The molecule has 0 spiro atoms. The predicted molar refractivity (Wildman–Crippen MR) is 135 cm³/mol. The summed E-state index contributed by atoms with van der Waals surface area (Å²) in [5, 5.41) is 18.2. The van der Waals surface area contributed by atoms with Gasteiger partial charge in [0.05, 0.1) is 12.6 Å². The lowest BCUT2D eigenvalue weighted by atomic mass is 10.2. The molecule has 3 N–H and O–H groups in total. The third-order valence-corrected chi connectivity index (χ3v) is 5.55. The van der Waals surface area contributed by atoms with E-state index in [2.05, 4.69) is 52.8 Å². The number of hydrogen-bond donors (Lipinski definition) is 3. The molecule has 0 amide bonds. The van der Waals surface area contributed by atoms with Crippen LogP contribution in [0.4, 0.5) is 0 Å². The molecule has 2 atom stereocenters. The molecule has 164 valence electrons. The maximum atomic E-state index is 10.6. The van der Waals surface area contributed by atoms with Gasteiger partial charge in [-0.2, -0.15) is 0 Å². The Hall–Kier alpha value is -0.940. The number of aliphatic hydroxyl groups is 1. The molecule has 0 fully saturated rings. The van der Waals surface area contributed by atoms with Crippen LogP contribution in [0.1, 0.15) is 31.2 Å². The molecular weight excluding hydrogens is 499 g/mol. The lowest BCUT2D eigenvalue weighted by Gasteiger charge is -2.19. The van der Waals surface area contributed by atoms with E-state index in [9.17, 15) is 5.11 Å². The summed E-state index contributed by atoms with van der Waals surface area (Å²) in [6, 6.07) is 10.3. The fraction of sp³-hybridized carbons (Fsp3) is 0.571. The van der Waals surface area contributed by atoms with E-state index in [1.54, 1.807) is 11.3 Å². The van der Waals surface area contributed by atoms with Crippen molar-refractivity contribution in [3.8, 4) is 0 Å². The first-order chi connectivity index (χ1) is 13.5. The lowest BCUT2D eigenvalue weighted by molar-refractivity contribution is 0.0582. The second kappa shape index (κ2) is 14.1. The molecule has 0 aliphatic rings. The molecule has 0 saturated heterocycles. The van der Waals surface area contributed by atoms with Crippen molar-refractivity contribution in [1.82, 2.24) is 15.5 Å². The highest BCUT2D eigenvalue weighted by molar-refractivity contribution is 14.0. The van der Waals surface area contributed by atoms with Gasteiger partial charge in [0, 0.05) is 35.8 Å². The van der Waals surface area contributed by atoms with Crippen LogP contribution in [-0.2, 0) is 4.74 Å². The van der Waals surface area contributed by atoms with Crippen molar-refractivity contribution in [2.45, 2.75) is 32.5 Å². The Bertz CT molecular complexity index is 705. The summed E-state index contributed by atoms with van der Waals surface area (Å²) in [6.45, 7) is 7.47. The minimum atomic E-state index is -0.572. The Balaban J connectivity index is 0.00000420. The van der Waals surface area contributed by atoms with Gasteiger partial charge in [-0.1, -0.05) is 18.2 Å². The molecule has 0 saturated carbocycles. The first-order valence-corrected chi connectivity index (χ1v) is 10.8. The molecule has 1 aromatic carbocycles. The normalized spacial score (nSPS) is 13.9. The molecule has 2 rings (SSSR count). The number of fused-ring (bicyclic) bond motifs is 1. The van der Waals surface area contributed by atoms with Gasteiger partial charge < -0.3 is 25.4 Å². The maximum absolute atomic E-state index is 10.6. The fourth-order valence-electron chi connectivity index (χ4n) is 2.86. The number of guanidine groups is 1. The van der Waals surface area contributed by atoms with Gasteiger partial charge in [-0.05, 0) is 51.9 Å². The highest BCUT2D eigenvalue weighted by atomic mass is 127. The molecule has 0 aliphatic carbocycles. The molecule has 2 unspecified atom stereocenters. The third-order valence-electron chi connectivity index (χ3n) is 4.33. The average molecular weight is 535 g/mol. The first-order valence-electron chi connectivity index (χ1n) is 9.98. The van der Waals surface area contributed by atoms with Crippen molar-refractivity contribution in [2.75, 3.05) is 46.9 Å². The second-order valence-electron chi connectivity index (χ2n) is 6.97. The standard InChI is InChI=1S/C21H34N4O2S.HI/c1-5-22-21(23-14-17(27-6-2)11-12-25(3)4)24-15-18(26)20-13-16-9-7-8-10-19(16)28-20;/h7-10,13,17-18,26H,5-6,11-12,14-15H2,1-4H3,(H2,22,23,24);1H. The van der Waals surface area contributed by atoms with Gasteiger partial charge in [-0.15, -0.1) is 35.3 Å². The summed E-state index contributed by atoms with van der Waals surface area (Å²) >= 11 is 1.63. The molecule has 2 aromatic rings. The zero-order chi connectivity index (χ0) is 20.4. The van der Waals surface area contributed by atoms with Gasteiger partial charge in [0.15, 0.2) is 5.96 Å². The van der Waals surface area contributed by atoms with Crippen molar-refractivity contribution in [2.24, 2.45) is 4.99 Å². The minimum Gasteiger partial charge on any atom is -0.386 e. The van der Waals surface area contributed by atoms with Crippen LogP contribution in [0.25, 0.3) is 10.1 Å². The summed E-state index contributed by atoms with van der Waals surface area (Å²) in [4.78, 5) is 7.78. The zero-order valence-corrected chi connectivity index (χ0v) is 21.0. The Morgan fingerprint density at radius 1 is 1.24 bits per heavy atom. The number of aliphatic imine (C=N–C) groups is 1. The molecule has 0 radical (unpaired) electrons. The van der Waals surface area contributed by atoms with Gasteiger partial charge in [-0.3, -0.25) is 4.99 Å². The van der Waals surface area contributed by atoms with E-state index in [-0.39, 0.29) is 30.1 Å². The van der Waals surface area contributed by atoms with Crippen LogP contribution in [-0.4, -0.2) is 69.0 Å². The quantitative estimate of drug-likeness (QED) is 0.234. The van der Waals surface area contributed by atoms with Crippen LogP contribution >= 0.6 is 35.3 Å². The van der Waals surface area contributed by atoms with Gasteiger partial charge in [0.2, 0.25) is 0 Å². The van der Waals surface area contributed by atoms with Crippen LogP contribution in [0, 0.1) is 0 Å². The first kappa shape index (κ1) is 26.1. The summed E-state index contributed by atoms with van der Waals surface area (Å²) in [6.07, 6.45) is 0.460. The molecule has 0 aliphatic heterocycles. The predicted octanol–water partition coefficient (Wildman–Crippen LogP) is 3.46. The molecule has 1 heterocycles. The van der Waals surface area contributed by atoms with Crippen molar-refractivity contribution in [1.29, 1.82) is 0 Å². The summed E-state index contributed by atoms with van der Waals surface area (Å²) in [5.74, 6) is 0.706. The van der Waals surface area contributed by atoms with Gasteiger partial charge in [0.25, 0.3) is 0 Å². The summed E-state index contributed by atoms with van der Waals surface area (Å²) in [7, 11) is 4.13. The minimum absolute atomic E-state index is 0. The Morgan fingerprint density at radius 2 is 2.00 bits per heavy atom. The number of halogens is 1. The van der Waals surface area contributed by atoms with E-state index in [4.69, 9.17) is 4.74 Å². The monoisotopic (exact) mass is 534 g/mol. The summed E-state index contributed by atoms with van der Waals surface area (Å²) < 4.78 is 7.00. The number of hydrogen-bond acceptors (Lipinski definition) is 5. The third kappa shape index (κ3) is 9.17. The van der Waals surface area contributed by atoms with Crippen LogP contribution < -0.4 is 10.6 Å². The Morgan fingerprint density at radius 3 is 2.66 bits per heavy atom. The van der Waals surface area contributed by atoms with E-state index in [1.165, 1.54) is 10.1 Å². The van der Waals surface area contributed by atoms with Crippen molar-refractivity contribution in [3.63, 3.8) is 0 Å². The summed E-state index contributed by atoms with van der Waals surface area (Å²) in [5.41, 5.74) is 0. The highest BCUT2D eigenvalue weighted by Crippen LogP contribution is 2.29. The molecule has 29 heavy (non-hydrogen) atoms. The molecule has 1 aromatic heterocycles. The van der Waals surface area contributed by atoms with E-state index in [1.807, 2.05) is 26.0 Å². The number of nitrogens with zero attached hydrogens (tertiary/aromatic N) is 2.